The van der Waals surface area contributed by atoms with Crippen LogP contribution in [0, 0.1) is 13.8 Å². The van der Waals surface area contributed by atoms with Gasteiger partial charge in [-0.25, -0.2) is 0 Å². The van der Waals surface area contributed by atoms with Crippen LogP contribution in [0.1, 0.15) is 38.3 Å². The first-order chi connectivity index (χ1) is 7.88. The fourth-order valence-corrected chi connectivity index (χ4v) is 2.64. The summed E-state index contributed by atoms with van der Waals surface area (Å²) in [5.41, 5.74) is 2.99. The Morgan fingerprint density at radius 3 is 2.47 bits per heavy atom. The van der Waals surface area contributed by atoms with Gasteiger partial charge in [-0.15, -0.1) is 11.8 Å². The highest BCUT2D eigenvalue weighted by Gasteiger charge is 2.07. The molecule has 0 amide bonds. The number of hydrogen-bond acceptors (Lipinski definition) is 2. The zero-order valence-corrected chi connectivity index (χ0v) is 12.6. The Bertz CT molecular complexity index is 352. The molecule has 96 valence electrons. The third-order valence-corrected chi connectivity index (χ3v) is 3.83. The summed E-state index contributed by atoms with van der Waals surface area (Å²) < 4.78 is 0. The van der Waals surface area contributed by atoms with Gasteiger partial charge in [0.05, 0.1) is 0 Å². The molecule has 2 heteroatoms. The van der Waals surface area contributed by atoms with E-state index >= 15 is 0 Å². The second-order valence-corrected chi connectivity index (χ2v) is 6.78. The maximum atomic E-state index is 3.52. The van der Waals surface area contributed by atoms with Crippen molar-refractivity contribution in [3.05, 3.63) is 29.3 Å². The first-order valence-electron chi connectivity index (χ1n) is 6.33. The lowest BCUT2D eigenvalue weighted by Crippen LogP contribution is -2.36. The molecule has 0 aliphatic rings. The molecule has 17 heavy (non-hydrogen) atoms. The van der Waals surface area contributed by atoms with Gasteiger partial charge in [-0.1, -0.05) is 17.7 Å². The van der Waals surface area contributed by atoms with Gasteiger partial charge in [0.25, 0.3) is 0 Å². The molecule has 1 aromatic carbocycles. The Balaban J connectivity index is 2.27. The van der Waals surface area contributed by atoms with Crippen molar-refractivity contribution in [3.8, 4) is 0 Å². The Morgan fingerprint density at radius 2 is 1.88 bits per heavy atom. The predicted octanol–water partition coefficient (Wildman–Crippen LogP) is 4.17. The van der Waals surface area contributed by atoms with E-state index in [9.17, 15) is 0 Å². The lowest BCUT2D eigenvalue weighted by Gasteiger charge is -2.20. The van der Waals surface area contributed by atoms with Gasteiger partial charge in [-0.2, -0.15) is 0 Å². The third kappa shape index (κ3) is 6.13. The number of rotatable bonds is 5. The Labute approximate surface area is 110 Å². The first-order valence-corrected chi connectivity index (χ1v) is 7.32. The van der Waals surface area contributed by atoms with E-state index in [4.69, 9.17) is 0 Å². The topological polar surface area (TPSA) is 12.0 Å². The highest BCUT2D eigenvalue weighted by atomic mass is 32.2. The van der Waals surface area contributed by atoms with Gasteiger partial charge in [0.1, 0.15) is 0 Å². The smallest absolute Gasteiger partial charge is 0.0101 e. The molecular formula is C15H25NS. The molecule has 0 aromatic heterocycles. The normalized spacial score (nSPS) is 11.8. The van der Waals surface area contributed by atoms with Crippen molar-refractivity contribution in [2.75, 3.05) is 12.3 Å². The van der Waals surface area contributed by atoms with Crippen LogP contribution in [-0.2, 0) is 0 Å². The van der Waals surface area contributed by atoms with Gasteiger partial charge in [0.2, 0.25) is 0 Å². The van der Waals surface area contributed by atoms with Crippen molar-refractivity contribution in [2.24, 2.45) is 0 Å². The van der Waals surface area contributed by atoms with Crippen LogP contribution in [0.15, 0.2) is 23.1 Å². The van der Waals surface area contributed by atoms with E-state index in [1.807, 2.05) is 11.8 Å². The van der Waals surface area contributed by atoms with Crippen LogP contribution in [0.3, 0.4) is 0 Å². The summed E-state index contributed by atoms with van der Waals surface area (Å²) in [6.45, 7) is 12.1. The first kappa shape index (κ1) is 14.6. The van der Waals surface area contributed by atoms with Gasteiger partial charge in [0.15, 0.2) is 0 Å². The van der Waals surface area contributed by atoms with Gasteiger partial charge >= 0.3 is 0 Å². The van der Waals surface area contributed by atoms with E-state index in [0.29, 0.717) is 0 Å². The van der Waals surface area contributed by atoms with Crippen molar-refractivity contribution >= 4 is 11.8 Å². The quantitative estimate of drug-likeness (QED) is 0.622. The fourth-order valence-electron chi connectivity index (χ4n) is 1.68. The van der Waals surface area contributed by atoms with Crippen LogP contribution in [-0.4, -0.2) is 17.8 Å². The monoisotopic (exact) mass is 251 g/mol. The summed E-state index contributed by atoms with van der Waals surface area (Å²) in [7, 11) is 0. The Morgan fingerprint density at radius 1 is 1.18 bits per heavy atom. The minimum atomic E-state index is 0.241. The largest absolute Gasteiger partial charge is 0.312 e. The van der Waals surface area contributed by atoms with Crippen LogP contribution in [0.2, 0.25) is 0 Å². The lowest BCUT2D eigenvalue weighted by molar-refractivity contribution is 0.427. The number of nitrogens with one attached hydrogen (secondary N) is 1. The van der Waals surface area contributed by atoms with Crippen molar-refractivity contribution in [1.82, 2.24) is 5.32 Å². The van der Waals surface area contributed by atoms with Crippen molar-refractivity contribution in [3.63, 3.8) is 0 Å². The zero-order chi connectivity index (χ0) is 12.9. The molecule has 1 nitrogen and oxygen atoms in total. The molecule has 0 radical (unpaired) electrons. The molecular weight excluding hydrogens is 226 g/mol. The second-order valence-electron chi connectivity index (χ2n) is 5.65. The van der Waals surface area contributed by atoms with Gasteiger partial charge in [0, 0.05) is 10.4 Å². The number of hydrogen-bond donors (Lipinski definition) is 1. The summed E-state index contributed by atoms with van der Waals surface area (Å²) in [5.74, 6) is 1.19. The van der Waals surface area contributed by atoms with Gasteiger partial charge < -0.3 is 5.32 Å². The molecule has 1 N–H and O–H groups in total. The fraction of sp³-hybridized carbons (Fsp3) is 0.600. The second kappa shape index (κ2) is 6.46. The minimum Gasteiger partial charge on any atom is -0.312 e. The standard InChI is InChI=1S/C15H25NS/c1-12-7-8-14(13(2)11-12)17-10-6-9-16-15(3,4)5/h7-8,11,16H,6,9-10H2,1-5H3. The summed E-state index contributed by atoms with van der Waals surface area (Å²) in [5, 5.41) is 3.52. The zero-order valence-electron chi connectivity index (χ0n) is 11.8. The maximum absolute atomic E-state index is 3.52. The average molecular weight is 251 g/mol. The average Bonchev–Trinajstić information content (AvgIpc) is 2.18. The van der Waals surface area contributed by atoms with E-state index in [1.54, 1.807) is 0 Å². The number of thioether (sulfide) groups is 1. The molecule has 0 heterocycles. The number of benzene rings is 1. The summed E-state index contributed by atoms with van der Waals surface area (Å²) in [6.07, 6.45) is 1.22. The van der Waals surface area contributed by atoms with E-state index in [-0.39, 0.29) is 5.54 Å². The molecule has 0 atom stereocenters. The Hall–Kier alpha value is -0.470. The molecule has 0 fully saturated rings. The highest BCUT2D eigenvalue weighted by molar-refractivity contribution is 7.99. The highest BCUT2D eigenvalue weighted by Crippen LogP contribution is 2.23. The van der Waals surface area contributed by atoms with E-state index < -0.39 is 0 Å². The van der Waals surface area contributed by atoms with E-state index in [2.05, 4.69) is 58.1 Å². The van der Waals surface area contributed by atoms with Crippen LogP contribution in [0.25, 0.3) is 0 Å². The molecule has 0 aliphatic heterocycles. The summed E-state index contributed by atoms with van der Waals surface area (Å²) in [4.78, 5) is 1.42. The molecule has 0 unspecified atom stereocenters. The maximum Gasteiger partial charge on any atom is 0.0101 e. The molecule has 0 bridgehead atoms. The summed E-state index contributed by atoms with van der Waals surface area (Å²) >= 11 is 1.97. The molecule has 0 aliphatic carbocycles. The van der Waals surface area contributed by atoms with Crippen molar-refractivity contribution < 1.29 is 0 Å². The van der Waals surface area contributed by atoms with Crippen LogP contribution in [0.4, 0.5) is 0 Å². The SMILES string of the molecule is Cc1ccc(SCCCNC(C)(C)C)c(C)c1. The van der Waals surface area contributed by atoms with Crippen LogP contribution in [0.5, 0.6) is 0 Å². The van der Waals surface area contributed by atoms with E-state index in [1.165, 1.54) is 28.2 Å². The Kier molecular flexibility index (Phi) is 5.54. The summed E-state index contributed by atoms with van der Waals surface area (Å²) in [6, 6.07) is 6.70. The number of aryl methyl sites for hydroxylation is 2. The molecule has 0 saturated carbocycles. The van der Waals surface area contributed by atoms with Crippen LogP contribution >= 0.6 is 11.8 Å². The molecule has 1 rings (SSSR count). The van der Waals surface area contributed by atoms with Crippen molar-refractivity contribution in [1.29, 1.82) is 0 Å². The molecule has 1 aromatic rings. The molecule has 0 saturated heterocycles. The molecule has 0 spiro atoms. The van der Waals surface area contributed by atoms with E-state index in [0.717, 1.165) is 6.54 Å². The van der Waals surface area contributed by atoms with Crippen LogP contribution < -0.4 is 5.32 Å². The van der Waals surface area contributed by atoms with Gasteiger partial charge in [-0.05, 0) is 65.0 Å². The lowest BCUT2D eigenvalue weighted by atomic mass is 10.1. The minimum absolute atomic E-state index is 0.241. The van der Waals surface area contributed by atoms with Gasteiger partial charge in [-0.3, -0.25) is 0 Å². The third-order valence-electron chi connectivity index (χ3n) is 2.56. The predicted molar refractivity (Wildman–Crippen MR) is 79.0 cm³/mol. The van der Waals surface area contributed by atoms with Crippen molar-refractivity contribution in [2.45, 2.75) is 51.5 Å².